The Morgan fingerprint density at radius 3 is 3.04 bits per heavy atom. The summed E-state index contributed by atoms with van der Waals surface area (Å²) in [5, 5.41) is 13.0. The number of nitro groups is 1. The van der Waals surface area contributed by atoms with E-state index in [1.54, 1.807) is 12.1 Å². The maximum Gasteiger partial charge on any atom is 0.345 e. The average molecular weight is 348 g/mol. The molecule has 1 aliphatic rings. The van der Waals surface area contributed by atoms with Crippen LogP contribution in [0.1, 0.15) is 5.56 Å². The van der Waals surface area contributed by atoms with Gasteiger partial charge in [-0.05, 0) is 36.0 Å². The molecule has 1 aromatic carbocycles. The Kier molecular flexibility index (Phi) is 4.13. The molecule has 0 atom stereocenters. The van der Waals surface area contributed by atoms with E-state index in [9.17, 15) is 19.7 Å². The fourth-order valence-electron chi connectivity index (χ4n) is 2.20. The molecule has 1 N–H and O–H groups in total. The summed E-state index contributed by atoms with van der Waals surface area (Å²) in [4.78, 5) is 39.3. The van der Waals surface area contributed by atoms with Crippen molar-refractivity contribution in [2.75, 3.05) is 23.4 Å². The molecular weight excluding hydrogens is 336 g/mol. The number of aromatic nitrogens is 1. The van der Waals surface area contributed by atoms with Crippen LogP contribution in [0.15, 0.2) is 24.4 Å². The molecule has 3 rings (SSSR count). The van der Waals surface area contributed by atoms with Crippen molar-refractivity contribution in [3.05, 3.63) is 40.1 Å². The van der Waals surface area contributed by atoms with E-state index in [1.807, 2.05) is 13.0 Å². The number of aryl methyl sites for hydroxylation is 1. The smallest absolute Gasteiger partial charge is 0.345 e. The fourth-order valence-corrected chi connectivity index (χ4v) is 2.84. The van der Waals surface area contributed by atoms with Gasteiger partial charge in [-0.1, -0.05) is 6.07 Å². The molecule has 0 radical (unpaired) electrons. The Bertz CT molecular complexity index is 834. The number of nitrogens with zero attached hydrogens (tertiary/aromatic N) is 3. The van der Waals surface area contributed by atoms with Crippen molar-refractivity contribution >= 4 is 39.0 Å². The van der Waals surface area contributed by atoms with Gasteiger partial charge >= 0.3 is 5.00 Å². The van der Waals surface area contributed by atoms with E-state index in [-0.39, 0.29) is 29.2 Å². The lowest BCUT2D eigenvalue weighted by atomic mass is 10.1. The molecule has 9 nitrogen and oxygen atoms in total. The highest BCUT2D eigenvalue weighted by Crippen LogP contribution is 2.33. The van der Waals surface area contributed by atoms with Crippen LogP contribution in [0, 0.1) is 17.0 Å². The number of ether oxygens (including phenoxy) is 1. The summed E-state index contributed by atoms with van der Waals surface area (Å²) >= 11 is 0.750. The minimum atomic E-state index is -0.585. The number of benzene rings is 1. The van der Waals surface area contributed by atoms with Crippen molar-refractivity contribution in [2.24, 2.45) is 0 Å². The Morgan fingerprint density at radius 1 is 1.54 bits per heavy atom. The van der Waals surface area contributed by atoms with Gasteiger partial charge in [-0.2, -0.15) is 0 Å². The second-order valence-corrected chi connectivity index (χ2v) is 6.06. The molecule has 0 unspecified atom stereocenters. The average Bonchev–Trinajstić information content (AvgIpc) is 2.99. The number of carbonyl (C=O) groups is 2. The summed E-state index contributed by atoms with van der Waals surface area (Å²) in [6, 6.07) is 5.35. The molecule has 1 aromatic heterocycles. The van der Waals surface area contributed by atoms with Crippen molar-refractivity contribution in [3.8, 4) is 5.75 Å². The molecule has 0 aliphatic carbocycles. The quantitative estimate of drug-likeness (QED) is 0.664. The molecule has 0 saturated carbocycles. The number of fused-ring (bicyclic) bond motifs is 1. The van der Waals surface area contributed by atoms with Crippen LogP contribution in [-0.2, 0) is 9.59 Å². The fraction of sp³-hybridized carbons (Fsp3) is 0.214. The first-order valence-corrected chi connectivity index (χ1v) is 7.69. The minimum absolute atomic E-state index is 0.108. The normalized spacial score (nSPS) is 13.2. The van der Waals surface area contributed by atoms with Crippen LogP contribution in [0.4, 0.5) is 15.8 Å². The molecule has 0 fully saturated rings. The van der Waals surface area contributed by atoms with Crippen molar-refractivity contribution in [1.82, 2.24) is 4.98 Å². The number of carbonyl (C=O) groups excluding carboxylic acids is 2. The van der Waals surface area contributed by atoms with Gasteiger partial charge in [0.15, 0.2) is 11.7 Å². The Labute approximate surface area is 140 Å². The van der Waals surface area contributed by atoms with Crippen LogP contribution in [0.2, 0.25) is 0 Å². The van der Waals surface area contributed by atoms with Crippen molar-refractivity contribution in [3.63, 3.8) is 0 Å². The van der Waals surface area contributed by atoms with Gasteiger partial charge in [-0.25, -0.2) is 4.98 Å². The molecule has 24 heavy (non-hydrogen) atoms. The maximum atomic E-state index is 12.2. The van der Waals surface area contributed by atoms with Crippen molar-refractivity contribution < 1.29 is 19.2 Å². The summed E-state index contributed by atoms with van der Waals surface area (Å²) < 4.78 is 5.34. The maximum absolute atomic E-state index is 12.2. The van der Waals surface area contributed by atoms with Crippen LogP contribution in [0.3, 0.4) is 0 Å². The number of amides is 2. The van der Waals surface area contributed by atoms with Gasteiger partial charge in [0.25, 0.3) is 5.91 Å². The van der Waals surface area contributed by atoms with E-state index in [4.69, 9.17) is 4.74 Å². The summed E-state index contributed by atoms with van der Waals surface area (Å²) in [6.45, 7) is 1.49. The summed E-state index contributed by atoms with van der Waals surface area (Å²) in [6.07, 6.45) is 1.07. The lowest BCUT2D eigenvalue weighted by Gasteiger charge is -2.29. The number of thiazole rings is 1. The second-order valence-electron chi connectivity index (χ2n) is 5.05. The highest BCUT2D eigenvalue weighted by atomic mass is 32.1. The zero-order valence-electron chi connectivity index (χ0n) is 12.5. The minimum Gasteiger partial charge on any atom is -0.482 e. The number of anilines is 2. The van der Waals surface area contributed by atoms with Gasteiger partial charge in [0.1, 0.15) is 18.5 Å². The number of hydrogen-bond acceptors (Lipinski definition) is 7. The molecule has 0 saturated heterocycles. The topological polar surface area (TPSA) is 115 Å². The van der Waals surface area contributed by atoms with E-state index in [2.05, 4.69) is 10.3 Å². The molecule has 2 heterocycles. The highest BCUT2D eigenvalue weighted by Gasteiger charge is 2.27. The number of hydrogen-bond donors (Lipinski definition) is 1. The third-order valence-corrected chi connectivity index (χ3v) is 4.14. The molecule has 2 amide bonds. The molecule has 124 valence electrons. The van der Waals surface area contributed by atoms with E-state index in [0.29, 0.717) is 11.4 Å². The molecule has 0 bridgehead atoms. The Hall–Kier alpha value is -3.01. The third-order valence-electron chi connectivity index (χ3n) is 3.28. The summed E-state index contributed by atoms with van der Waals surface area (Å²) in [7, 11) is 0. The van der Waals surface area contributed by atoms with Gasteiger partial charge in [0, 0.05) is 0 Å². The number of nitrogens with one attached hydrogen (secondary N) is 1. The summed E-state index contributed by atoms with van der Waals surface area (Å²) in [5.41, 5.74) is 1.44. The molecule has 10 heteroatoms. The largest absolute Gasteiger partial charge is 0.482 e. The molecular formula is C14H12N4O5S. The van der Waals surface area contributed by atoms with Crippen molar-refractivity contribution in [2.45, 2.75) is 6.92 Å². The van der Waals surface area contributed by atoms with Crippen LogP contribution in [0.5, 0.6) is 5.75 Å². The zero-order chi connectivity index (χ0) is 17.3. The summed E-state index contributed by atoms with van der Waals surface area (Å²) in [5.74, 6) is -0.312. The van der Waals surface area contributed by atoms with Crippen molar-refractivity contribution in [1.29, 1.82) is 0 Å². The zero-order valence-corrected chi connectivity index (χ0v) is 13.3. The second kappa shape index (κ2) is 6.24. The van der Waals surface area contributed by atoms with Crippen LogP contribution in [0.25, 0.3) is 0 Å². The van der Waals surface area contributed by atoms with E-state index in [0.717, 1.165) is 23.1 Å². The van der Waals surface area contributed by atoms with E-state index in [1.165, 1.54) is 4.90 Å². The predicted octanol–water partition coefficient (Wildman–Crippen LogP) is 1.72. The SMILES string of the molecule is Cc1ccc2c(c1)N(CC(=O)Nc1ncc([N+](=O)[O-])s1)C(=O)CO2. The van der Waals surface area contributed by atoms with Gasteiger partial charge in [-0.15, -0.1) is 0 Å². The highest BCUT2D eigenvalue weighted by molar-refractivity contribution is 7.18. The van der Waals surface area contributed by atoms with Gasteiger partial charge in [-0.3, -0.25) is 24.6 Å². The Balaban J connectivity index is 1.75. The molecule has 2 aromatic rings. The van der Waals surface area contributed by atoms with Crippen LogP contribution >= 0.6 is 11.3 Å². The van der Waals surface area contributed by atoms with Gasteiger partial charge in [0.05, 0.1) is 10.6 Å². The molecule has 0 spiro atoms. The first-order valence-electron chi connectivity index (χ1n) is 6.88. The first kappa shape index (κ1) is 15.9. The van der Waals surface area contributed by atoms with E-state index >= 15 is 0 Å². The van der Waals surface area contributed by atoms with Crippen LogP contribution in [-0.4, -0.2) is 34.9 Å². The number of rotatable bonds is 4. The third kappa shape index (κ3) is 3.18. The van der Waals surface area contributed by atoms with Gasteiger partial charge < -0.3 is 10.1 Å². The monoisotopic (exact) mass is 348 g/mol. The van der Waals surface area contributed by atoms with Crippen LogP contribution < -0.4 is 15.0 Å². The predicted molar refractivity (Wildman–Crippen MR) is 86.4 cm³/mol. The molecule has 1 aliphatic heterocycles. The first-order chi connectivity index (χ1) is 11.4. The Morgan fingerprint density at radius 2 is 2.33 bits per heavy atom. The van der Waals surface area contributed by atoms with E-state index < -0.39 is 10.8 Å². The lowest BCUT2D eigenvalue weighted by molar-refractivity contribution is -0.380. The lowest BCUT2D eigenvalue weighted by Crippen LogP contribution is -2.43. The van der Waals surface area contributed by atoms with Gasteiger partial charge in [0.2, 0.25) is 5.91 Å². The standard InChI is InChI=1S/C14H12N4O5S/c1-8-2-3-10-9(4-8)17(12(20)7-23-10)6-11(19)16-14-15-5-13(24-14)18(21)22/h2-5H,6-7H2,1H3,(H,15,16,19).